The molecule has 0 spiro atoms. The van der Waals surface area contributed by atoms with Gasteiger partial charge in [0.2, 0.25) is 5.76 Å². The summed E-state index contributed by atoms with van der Waals surface area (Å²) in [4.78, 5) is 20.9. The molecule has 0 aliphatic heterocycles. The normalized spacial score (nSPS) is 11.5. The van der Waals surface area contributed by atoms with Gasteiger partial charge in [0.05, 0.1) is 7.11 Å². The molecule has 1 aromatic carbocycles. The number of carbonyl (C=O) groups is 1. The molecule has 3 aromatic rings. The van der Waals surface area contributed by atoms with Crippen LogP contribution in [0, 0.1) is 6.92 Å². The average Bonchev–Trinajstić information content (AvgIpc) is 2.68. The molecular weight excluding hydrogens is 364 g/mol. The summed E-state index contributed by atoms with van der Waals surface area (Å²) in [7, 11) is 1.31. The molecular formula is C21H17ClN2O3. The van der Waals surface area contributed by atoms with E-state index in [0.717, 1.165) is 11.1 Å². The van der Waals surface area contributed by atoms with Gasteiger partial charge in [-0.25, -0.2) is 9.78 Å². The second-order valence-electron chi connectivity index (χ2n) is 5.67. The third kappa shape index (κ3) is 4.51. The minimum absolute atomic E-state index is 0.0402. The van der Waals surface area contributed by atoms with Gasteiger partial charge in [-0.3, -0.25) is 4.98 Å². The van der Waals surface area contributed by atoms with Gasteiger partial charge in [0.25, 0.3) is 0 Å². The summed E-state index contributed by atoms with van der Waals surface area (Å²) in [5, 5.41) is 0.275. The average molecular weight is 381 g/mol. The number of hydrogen-bond acceptors (Lipinski definition) is 5. The summed E-state index contributed by atoms with van der Waals surface area (Å²) in [6.45, 7) is 1.79. The first-order valence-corrected chi connectivity index (χ1v) is 8.56. The van der Waals surface area contributed by atoms with Crippen molar-refractivity contribution in [3.8, 4) is 5.75 Å². The Morgan fingerprint density at radius 3 is 2.41 bits per heavy atom. The maximum Gasteiger partial charge on any atom is 0.374 e. The van der Waals surface area contributed by atoms with Crippen LogP contribution in [-0.4, -0.2) is 23.0 Å². The second-order valence-corrected chi connectivity index (χ2v) is 6.06. The van der Waals surface area contributed by atoms with Crippen molar-refractivity contribution in [1.29, 1.82) is 0 Å². The zero-order valence-electron chi connectivity index (χ0n) is 14.8. The molecule has 0 fully saturated rings. The molecule has 3 rings (SSSR count). The van der Waals surface area contributed by atoms with E-state index in [-0.39, 0.29) is 10.9 Å². The SMILES string of the molecule is COC(=O)C(Oc1cc(C)nc(Cl)c1)=C(c1ccccc1)c1cccnc1. The van der Waals surface area contributed by atoms with E-state index in [2.05, 4.69) is 9.97 Å². The van der Waals surface area contributed by atoms with Gasteiger partial charge in [-0.05, 0) is 18.6 Å². The number of aromatic nitrogens is 2. The van der Waals surface area contributed by atoms with Gasteiger partial charge in [-0.2, -0.15) is 0 Å². The summed E-state index contributed by atoms with van der Waals surface area (Å²) >= 11 is 6.03. The molecule has 0 bridgehead atoms. The Labute approximate surface area is 162 Å². The van der Waals surface area contributed by atoms with Crippen LogP contribution in [0.2, 0.25) is 5.15 Å². The first-order chi connectivity index (χ1) is 13.1. The van der Waals surface area contributed by atoms with Crippen molar-refractivity contribution >= 4 is 23.1 Å². The fourth-order valence-electron chi connectivity index (χ4n) is 2.61. The fourth-order valence-corrected chi connectivity index (χ4v) is 2.85. The monoisotopic (exact) mass is 380 g/mol. The van der Waals surface area contributed by atoms with Crippen molar-refractivity contribution in [1.82, 2.24) is 9.97 Å². The fraction of sp³-hybridized carbons (Fsp3) is 0.0952. The van der Waals surface area contributed by atoms with Crippen molar-refractivity contribution in [2.45, 2.75) is 6.92 Å². The van der Waals surface area contributed by atoms with E-state index >= 15 is 0 Å². The van der Waals surface area contributed by atoms with E-state index in [1.165, 1.54) is 7.11 Å². The second kappa shape index (κ2) is 8.47. The topological polar surface area (TPSA) is 61.3 Å². The number of rotatable bonds is 5. The minimum Gasteiger partial charge on any atom is -0.463 e. The first kappa shape index (κ1) is 18.6. The minimum atomic E-state index is -0.608. The van der Waals surface area contributed by atoms with Crippen LogP contribution in [-0.2, 0) is 9.53 Å². The summed E-state index contributed by atoms with van der Waals surface area (Å²) in [6, 6.07) is 16.3. The molecule has 0 aliphatic rings. The molecule has 5 nitrogen and oxygen atoms in total. The van der Waals surface area contributed by atoms with E-state index in [0.29, 0.717) is 17.0 Å². The summed E-state index contributed by atoms with van der Waals surface area (Å²) in [6.07, 6.45) is 3.33. The zero-order valence-corrected chi connectivity index (χ0v) is 15.6. The lowest BCUT2D eigenvalue weighted by molar-refractivity contribution is -0.138. The van der Waals surface area contributed by atoms with Gasteiger partial charge in [-0.15, -0.1) is 0 Å². The third-order valence-electron chi connectivity index (χ3n) is 3.73. The van der Waals surface area contributed by atoms with Crippen molar-refractivity contribution in [2.24, 2.45) is 0 Å². The van der Waals surface area contributed by atoms with E-state index in [9.17, 15) is 4.79 Å². The predicted octanol–water partition coefficient (Wildman–Crippen LogP) is 4.45. The van der Waals surface area contributed by atoms with Crippen LogP contribution in [0.5, 0.6) is 5.75 Å². The number of nitrogens with zero attached hydrogens (tertiary/aromatic N) is 2. The number of halogens is 1. The van der Waals surface area contributed by atoms with E-state index in [1.54, 1.807) is 37.5 Å². The first-order valence-electron chi connectivity index (χ1n) is 8.19. The Morgan fingerprint density at radius 1 is 1.04 bits per heavy atom. The Kier molecular flexibility index (Phi) is 5.84. The lowest BCUT2D eigenvalue weighted by Gasteiger charge is -2.16. The molecule has 0 atom stereocenters. The van der Waals surface area contributed by atoms with Crippen LogP contribution in [0.25, 0.3) is 5.57 Å². The Hall–Kier alpha value is -3.18. The third-order valence-corrected chi connectivity index (χ3v) is 3.92. The highest BCUT2D eigenvalue weighted by molar-refractivity contribution is 6.29. The Morgan fingerprint density at radius 2 is 1.78 bits per heavy atom. The lowest BCUT2D eigenvalue weighted by Crippen LogP contribution is -2.14. The van der Waals surface area contributed by atoms with Crippen LogP contribution in [0.1, 0.15) is 16.8 Å². The van der Waals surface area contributed by atoms with Crippen molar-refractivity contribution in [3.05, 3.63) is 94.7 Å². The van der Waals surface area contributed by atoms with E-state index < -0.39 is 5.97 Å². The number of pyridine rings is 2. The number of esters is 1. The molecule has 0 saturated heterocycles. The maximum absolute atomic E-state index is 12.6. The van der Waals surface area contributed by atoms with E-state index in [1.807, 2.05) is 36.4 Å². The molecule has 0 radical (unpaired) electrons. The highest BCUT2D eigenvalue weighted by Crippen LogP contribution is 2.30. The molecule has 0 aliphatic carbocycles. The molecule has 0 saturated carbocycles. The Balaban J connectivity index is 2.22. The maximum atomic E-state index is 12.6. The van der Waals surface area contributed by atoms with Gasteiger partial charge in [-0.1, -0.05) is 48.0 Å². The number of methoxy groups -OCH3 is 1. The molecule has 2 aromatic heterocycles. The smallest absolute Gasteiger partial charge is 0.374 e. The van der Waals surface area contributed by atoms with Crippen LogP contribution in [0.15, 0.2) is 72.8 Å². The molecule has 6 heteroatoms. The van der Waals surface area contributed by atoms with Gasteiger partial charge in [0.1, 0.15) is 10.9 Å². The Bertz CT molecular complexity index is 911. The van der Waals surface area contributed by atoms with Crippen molar-refractivity contribution in [3.63, 3.8) is 0 Å². The van der Waals surface area contributed by atoms with Gasteiger partial charge in [0.15, 0.2) is 0 Å². The summed E-state index contributed by atoms with van der Waals surface area (Å²) in [5.41, 5.74) is 2.76. The van der Waals surface area contributed by atoms with Gasteiger partial charge >= 0.3 is 5.97 Å². The molecule has 27 heavy (non-hydrogen) atoms. The number of ether oxygens (including phenoxy) is 2. The number of hydrogen-bond donors (Lipinski definition) is 0. The van der Waals surface area contributed by atoms with Crippen LogP contribution in [0.4, 0.5) is 0 Å². The molecule has 2 heterocycles. The summed E-state index contributed by atoms with van der Waals surface area (Å²) < 4.78 is 10.9. The highest BCUT2D eigenvalue weighted by atomic mass is 35.5. The molecule has 0 unspecified atom stereocenters. The molecule has 0 N–H and O–H groups in total. The van der Waals surface area contributed by atoms with Crippen LogP contribution >= 0.6 is 11.6 Å². The number of carbonyl (C=O) groups excluding carboxylic acids is 1. The van der Waals surface area contributed by atoms with E-state index in [4.69, 9.17) is 21.1 Å². The predicted molar refractivity (Wildman–Crippen MR) is 103 cm³/mol. The van der Waals surface area contributed by atoms with Crippen LogP contribution in [0.3, 0.4) is 0 Å². The number of benzene rings is 1. The van der Waals surface area contributed by atoms with Gasteiger partial charge < -0.3 is 9.47 Å². The quantitative estimate of drug-likeness (QED) is 0.283. The van der Waals surface area contributed by atoms with Crippen molar-refractivity contribution < 1.29 is 14.3 Å². The summed E-state index contributed by atoms with van der Waals surface area (Å²) in [5.74, 6) is -0.174. The largest absolute Gasteiger partial charge is 0.463 e. The zero-order chi connectivity index (χ0) is 19.2. The number of aryl methyl sites for hydroxylation is 1. The highest BCUT2D eigenvalue weighted by Gasteiger charge is 2.22. The standard InChI is InChI=1S/C21H17ClN2O3/c1-14-11-17(12-18(22)24-14)27-20(21(25)26-2)19(15-7-4-3-5-8-15)16-9-6-10-23-13-16/h3-13H,1-2H3. The lowest BCUT2D eigenvalue weighted by atomic mass is 9.98. The van der Waals surface area contributed by atoms with Gasteiger partial charge in [0, 0.05) is 41.4 Å². The molecule has 136 valence electrons. The molecule has 0 amide bonds. The van der Waals surface area contributed by atoms with Crippen molar-refractivity contribution in [2.75, 3.05) is 7.11 Å². The van der Waals surface area contributed by atoms with Crippen LogP contribution < -0.4 is 4.74 Å².